The number of hydrogen-bond acceptors (Lipinski definition) is 4. The first-order valence-corrected chi connectivity index (χ1v) is 5.88. The fourth-order valence-electron chi connectivity index (χ4n) is 1.33. The van der Waals surface area contributed by atoms with E-state index in [4.69, 9.17) is 5.11 Å². The van der Waals surface area contributed by atoms with Gasteiger partial charge < -0.3 is 14.7 Å². The molecule has 0 fully saturated rings. The molecule has 16 heavy (non-hydrogen) atoms. The zero-order valence-corrected chi connectivity index (χ0v) is 11.4. The third-order valence-corrected chi connectivity index (χ3v) is 3.08. The highest BCUT2D eigenvalue weighted by molar-refractivity contribution is 14.1. The molecular formula is C11H14INO3. The Balaban J connectivity index is 2.95. The quantitative estimate of drug-likeness (QED) is 0.669. The van der Waals surface area contributed by atoms with Gasteiger partial charge in [0.05, 0.1) is 25.0 Å². The Hall–Kier alpha value is -0.820. The summed E-state index contributed by atoms with van der Waals surface area (Å²) in [6, 6.07) is 5.34. The summed E-state index contributed by atoms with van der Waals surface area (Å²) in [4.78, 5) is 13.2. The van der Waals surface area contributed by atoms with E-state index in [0.29, 0.717) is 12.1 Å². The number of ether oxygens (including phenoxy) is 1. The van der Waals surface area contributed by atoms with Crippen molar-refractivity contribution in [3.8, 4) is 0 Å². The lowest BCUT2D eigenvalue weighted by Gasteiger charge is -2.19. The summed E-state index contributed by atoms with van der Waals surface area (Å²) in [5.41, 5.74) is 1.52. The van der Waals surface area contributed by atoms with E-state index in [0.717, 1.165) is 9.26 Å². The van der Waals surface area contributed by atoms with Crippen molar-refractivity contribution in [1.29, 1.82) is 0 Å². The molecule has 0 spiro atoms. The van der Waals surface area contributed by atoms with Crippen LogP contribution in [0, 0.1) is 3.57 Å². The molecule has 1 rings (SSSR count). The molecule has 0 aromatic heterocycles. The molecule has 0 saturated heterocycles. The molecule has 5 heteroatoms. The van der Waals surface area contributed by atoms with Crippen molar-refractivity contribution in [3.05, 3.63) is 27.3 Å². The van der Waals surface area contributed by atoms with E-state index in [1.54, 1.807) is 12.1 Å². The van der Waals surface area contributed by atoms with E-state index in [1.165, 1.54) is 7.11 Å². The maximum absolute atomic E-state index is 11.3. The van der Waals surface area contributed by atoms with Gasteiger partial charge in [-0.15, -0.1) is 0 Å². The largest absolute Gasteiger partial charge is 0.465 e. The highest BCUT2D eigenvalue weighted by atomic mass is 127. The summed E-state index contributed by atoms with van der Waals surface area (Å²) in [5, 5.41) is 8.85. The van der Waals surface area contributed by atoms with Crippen LogP contribution in [0.2, 0.25) is 0 Å². The number of methoxy groups -OCH3 is 1. The van der Waals surface area contributed by atoms with Crippen LogP contribution < -0.4 is 4.90 Å². The second kappa shape index (κ2) is 6.05. The molecule has 0 saturated carbocycles. The molecule has 0 unspecified atom stereocenters. The van der Waals surface area contributed by atoms with Gasteiger partial charge in [-0.05, 0) is 40.8 Å². The standard InChI is InChI=1S/C11H14INO3/c1-13(5-6-14)10-4-3-8(7-9(10)12)11(15)16-2/h3-4,7,14H,5-6H2,1-2H3. The van der Waals surface area contributed by atoms with E-state index in [2.05, 4.69) is 27.3 Å². The van der Waals surface area contributed by atoms with E-state index >= 15 is 0 Å². The number of carbonyl (C=O) groups excluding carboxylic acids is 1. The van der Waals surface area contributed by atoms with Crippen LogP contribution >= 0.6 is 22.6 Å². The summed E-state index contributed by atoms with van der Waals surface area (Å²) in [7, 11) is 3.26. The van der Waals surface area contributed by atoms with Gasteiger partial charge in [0.15, 0.2) is 0 Å². The summed E-state index contributed by atoms with van der Waals surface area (Å²) in [6.07, 6.45) is 0. The molecule has 0 atom stereocenters. The fraction of sp³-hybridized carbons (Fsp3) is 0.364. The number of nitrogens with zero attached hydrogens (tertiary/aromatic N) is 1. The van der Waals surface area contributed by atoms with Crippen molar-refractivity contribution in [2.75, 3.05) is 32.2 Å². The molecule has 88 valence electrons. The molecule has 1 N–H and O–H groups in total. The van der Waals surface area contributed by atoms with Gasteiger partial charge in [-0.1, -0.05) is 0 Å². The van der Waals surface area contributed by atoms with Crippen LogP contribution in [0.4, 0.5) is 5.69 Å². The van der Waals surface area contributed by atoms with Crippen molar-refractivity contribution < 1.29 is 14.6 Å². The smallest absolute Gasteiger partial charge is 0.337 e. The van der Waals surface area contributed by atoms with Crippen molar-refractivity contribution in [3.63, 3.8) is 0 Å². The third kappa shape index (κ3) is 3.08. The summed E-state index contributed by atoms with van der Waals surface area (Å²) in [5.74, 6) is -0.339. The molecule has 0 aliphatic heterocycles. The van der Waals surface area contributed by atoms with Crippen LogP contribution in [0.15, 0.2) is 18.2 Å². The first-order chi connectivity index (χ1) is 7.60. The van der Waals surface area contributed by atoms with Crippen LogP contribution in [0.25, 0.3) is 0 Å². The normalized spacial score (nSPS) is 10.0. The predicted molar refractivity (Wildman–Crippen MR) is 70.9 cm³/mol. The second-order valence-electron chi connectivity index (χ2n) is 3.30. The summed E-state index contributed by atoms with van der Waals surface area (Å²) < 4.78 is 5.60. The Morgan fingerprint density at radius 1 is 1.56 bits per heavy atom. The van der Waals surface area contributed by atoms with Gasteiger partial charge in [-0.25, -0.2) is 4.79 Å². The predicted octanol–water partition coefficient (Wildman–Crippen LogP) is 1.51. The lowest BCUT2D eigenvalue weighted by Crippen LogP contribution is -2.22. The Bertz CT molecular complexity index is 381. The highest BCUT2D eigenvalue weighted by Gasteiger charge is 2.10. The van der Waals surface area contributed by atoms with Gasteiger partial charge in [0.2, 0.25) is 0 Å². The molecule has 1 aromatic carbocycles. The molecule has 0 aliphatic rings. The number of esters is 1. The van der Waals surface area contributed by atoms with Crippen LogP contribution in [-0.4, -0.2) is 38.4 Å². The SMILES string of the molecule is COC(=O)c1ccc(N(C)CCO)c(I)c1. The number of carbonyl (C=O) groups is 1. The van der Waals surface area contributed by atoms with Crippen LogP contribution in [0.5, 0.6) is 0 Å². The molecule has 4 nitrogen and oxygen atoms in total. The topological polar surface area (TPSA) is 49.8 Å². The minimum atomic E-state index is -0.339. The minimum Gasteiger partial charge on any atom is -0.465 e. The number of halogens is 1. The van der Waals surface area contributed by atoms with Gasteiger partial charge in [-0.2, -0.15) is 0 Å². The van der Waals surface area contributed by atoms with E-state index in [-0.39, 0.29) is 12.6 Å². The Kier molecular flexibility index (Phi) is 5.01. The zero-order valence-electron chi connectivity index (χ0n) is 9.24. The number of aliphatic hydroxyl groups is 1. The van der Waals surface area contributed by atoms with Gasteiger partial charge in [-0.3, -0.25) is 0 Å². The van der Waals surface area contributed by atoms with Gasteiger partial charge in [0, 0.05) is 17.2 Å². The first kappa shape index (κ1) is 13.2. The monoisotopic (exact) mass is 335 g/mol. The van der Waals surface area contributed by atoms with Gasteiger partial charge >= 0.3 is 5.97 Å². The van der Waals surface area contributed by atoms with Crippen molar-refractivity contribution in [2.45, 2.75) is 0 Å². The third-order valence-electron chi connectivity index (χ3n) is 2.22. The van der Waals surface area contributed by atoms with E-state index < -0.39 is 0 Å². The average Bonchev–Trinajstić information content (AvgIpc) is 2.28. The number of hydrogen-bond donors (Lipinski definition) is 1. The lowest BCUT2D eigenvalue weighted by atomic mass is 10.2. The van der Waals surface area contributed by atoms with Crippen molar-refractivity contribution in [2.24, 2.45) is 0 Å². The number of benzene rings is 1. The van der Waals surface area contributed by atoms with Crippen LogP contribution in [0.3, 0.4) is 0 Å². The molecule has 0 heterocycles. The molecule has 1 aromatic rings. The first-order valence-electron chi connectivity index (χ1n) is 4.80. The molecular weight excluding hydrogens is 321 g/mol. The maximum Gasteiger partial charge on any atom is 0.337 e. The summed E-state index contributed by atoms with van der Waals surface area (Å²) in [6.45, 7) is 0.666. The number of likely N-dealkylation sites (N-methyl/N-ethyl adjacent to an activating group) is 1. The second-order valence-corrected chi connectivity index (χ2v) is 4.47. The number of anilines is 1. The maximum atomic E-state index is 11.3. The lowest BCUT2D eigenvalue weighted by molar-refractivity contribution is 0.0600. The zero-order chi connectivity index (χ0) is 12.1. The van der Waals surface area contributed by atoms with Gasteiger partial charge in [0.25, 0.3) is 0 Å². The molecule has 0 amide bonds. The number of aliphatic hydroxyl groups excluding tert-OH is 1. The van der Waals surface area contributed by atoms with E-state index in [1.807, 2.05) is 18.0 Å². The van der Waals surface area contributed by atoms with Gasteiger partial charge in [0.1, 0.15) is 0 Å². The van der Waals surface area contributed by atoms with Crippen LogP contribution in [0.1, 0.15) is 10.4 Å². The Morgan fingerprint density at radius 3 is 2.75 bits per heavy atom. The average molecular weight is 335 g/mol. The van der Waals surface area contributed by atoms with Crippen LogP contribution in [-0.2, 0) is 4.74 Å². The molecule has 0 aliphatic carbocycles. The molecule has 0 radical (unpaired) electrons. The van der Waals surface area contributed by atoms with Crippen molar-refractivity contribution >= 4 is 34.2 Å². The summed E-state index contributed by atoms with van der Waals surface area (Å²) >= 11 is 2.16. The highest BCUT2D eigenvalue weighted by Crippen LogP contribution is 2.23. The fourth-order valence-corrected chi connectivity index (χ4v) is 2.26. The Labute approximate surface area is 108 Å². The Morgan fingerprint density at radius 2 is 2.25 bits per heavy atom. The number of rotatable bonds is 4. The minimum absolute atomic E-state index is 0.103. The van der Waals surface area contributed by atoms with E-state index in [9.17, 15) is 4.79 Å². The molecule has 0 bridgehead atoms. The van der Waals surface area contributed by atoms with Crippen molar-refractivity contribution in [1.82, 2.24) is 0 Å².